The summed E-state index contributed by atoms with van der Waals surface area (Å²) in [6.45, 7) is 5.75. The van der Waals surface area contributed by atoms with Gasteiger partial charge in [0.1, 0.15) is 17.4 Å². The fourth-order valence-corrected chi connectivity index (χ4v) is 3.51. The van der Waals surface area contributed by atoms with E-state index in [2.05, 4.69) is 20.9 Å². The number of nitrogens with zero attached hydrogens (tertiary/aromatic N) is 3. The Kier molecular flexibility index (Phi) is 4.00. The summed E-state index contributed by atoms with van der Waals surface area (Å²) in [6.07, 6.45) is 5.97. The van der Waals surface area contributed by atoms with Crippen molar-refractivity contribution in [1.82, 2.24) is 14.3 Å². The fraction of sp³-hybridized carbons (Fsp3) is 0.500. The Morgan fingerprint density at radius 2 is 2.17 bits per heavy atom. The smallest absolute Gasteiger partial charge is 0.407 e. The third-order valence-corrected chi connectivity index (χ3v) is 4.54. The predicted octanol–water partition coefficient (Wildman–Crippen LogP) is 3.79. The monoisotopic (exact) mass is 381 g/mol. The van der Waals surface area contributed by atoms with Gasteiger partial charge in [-0.1, -0.05) is 0 Å². The molecule has 0 aliphatic heterocycles. The second kappa shape index (κ2) is 5.70. The van der Waals surface area contributed by atoms with Gasteiger partial charge in [0.25, 0.3) is 0 Å². The van der Waals surface area contributed by atoms with Crippen LogP contribution in [0.3, 0.4) is 0 Å². The summed E-state index contributed by atoms with van der Waals surface area (Å²) in [5.41, 5.74) is 0.498. The van der Waals surface area contributed by atoms with E-state index in [0.29, 0.717) is 12.8 Å². The molecule has 0 radical (unpaired) electrons. The molecule has 0 atom stereocenters. The van der Waals surface area contributed by atoms with Crippen molar-refractivity contribution in [3.8, 4) is 5.75 Å². The first-order valence-electron chi connectivity index (χ1n) is 7.56. The molecule has 124 valence electrons. The Labute approximate surface area is 143 Å². The average molecular weight is 382 g/mol. The largest absolute Gasteiger partial charge is 0.488 e. The first kappa shape index (κ1) is 16.1. The summed E-state index contributed by atoms with van der Waals surface area (Å²) in [6, 6.07) is 1.92. The first-order valence-corrected chi connectivity index (χ1v) is 8.35. The molecule has 1 N–H and O–H groups in total. The lowest BCUT2D eigenvalue weighted by molar-refractivity contribution is -0.0130. The number of pyridine rings is 1. The Bertz CT molecular complexity index is 732. The Morgan fingerprint density at radius 3 is 2.78 bits per heavy atom. The molecule has 2 heterocycles. The first-order chi connectivity index (χ1) is 10.8. The van der Waals surface area contributed by atoms with Gasteiger partial charge >= 0.3 is 6.09 Å². The number of amides is 1. The normalized spacial score (nSPS) is 21.0. The molecule has 6 nitrogen and oxygen atoms in total. The third kappa shape index (κ3) is 3.15. The van der Waals surface area contributed by atoms with E-state index >= 15 is 0 Å². The molecule has 1 aliphatic carbocycles. The van der Waals surface area contributed by atoms with Gasteiger partial charge in [-0.25, -0.2) is 9.78 Å². The molecule has 0 unspecified atom stereocenters. The van der Waals surface area contributed by atoms with Gasteiger partial charge in [-0.15, -0.1) is 0 Å². The number of rotatable bonds is 3. The van der Waals surface area contributed by atoms with Crippen LogP contribution in [0, 0.1) is 0 Å². The summed E-state index contributed by atoms with van der Waals surface area (Å²) in [5, 5.41) is 9.44. The molecular formula is C16H20BrN3O3. The van der Waals surface area contributed by atoms with Gasteiger partial charge in [0, 0.05) is 35.1 Å². The van der Waals surface area contributed by atoms with Gasteiger partial charge in [0.2, 0.25) is 0 Å². The average Bonchev–Trinajstić information content (AvgIpc) is 2.81. The van der Waals surface area contributed by atoms with E-state index in [1.165, 1.54) is 4.90 Å². The van der Waals surface area contributed by atoms with Gasteiger partial charge in [0.15, 0.2) is 0 Å². The highest BCUT2D eigenvalue weighted by Gasteiger charge is 2.42. The predicted molar refractivity (Wildman–Crippen MR) is 89.9 cm³/mol. The fourth-order valence-electron chi connectivity index (χ4n) is 3.08. The van der Waals surface area contributed by atoms with E-state index in [1.807, 2.05) is 37.4 Å². The summed E-state index contributed by atoms with van der Waals surface area (Å²) in [7, 11) is 0. The van der Waals surface area contributed by atoms with Crippen molar-refractivity contribution in [2.75, 3.05) is 0 Å². The van der Waals surface area contributed by atoms with Crippen molar-refractivity contribution in [1.29, 1.82) is 0 Å². The van der Waals surface area contributed by atoms with Crippen LogP contribution >= 0.6 is 15.9 Å². The molecule has 1 saturated carbocycles. The second-order valence-corrected chi connectivity index (χ2v) is 7.81. The van der Waals surface area contributed by atoms with Crippen LogP contribution in [-0.2, 0) is 0 Å². The third-order valence-electron chi connectivity index (χ3n) is 4.11. The highest BCUT2D eigenvalue weighted by Crippen LogP contribution is 2.35. The maximum atomic E-state index is 11.5. The molecule has 2 aromatic heterocycles. The molecule has 0 aromatic carbocycles. The van der Waals surface area contributed by atoms with Crippen molar-refractivity contribution in [2.24, 2.45) is 0 Å². The van der Waals surface area contributed by atoms with Crippen LogP contribution in [0.1, 0.15) is 33.6 Å². The van der Waals surface area contributed by atoms with Crippen molar-refractivity contribution >= 4 is 27.5 Å². The topological polar surface area (TPSA) is 67.1 Å². The molecular weight excluding hydrogens is 362 g/mol. The van der Waals surface area contributed by atoms with Crippen LogP contribution in [0.2, 0.25) is 0 Å². The van der Waals surface area contributed by atoms with Gasteiger partial charge < -0.3 is 19.1 Å². The molecule has 1 amide bonds. The number of hydrogen-bond acceptors (Lipinski definition) is 3. The summed E-state index contributed by atoms with van der Waals surface area (Å²) in [4.78, 5) is 17.2. The lowest BCUT2D eigenvalue weighted by Crippen LogP contribution is -2.58. The van der Waals surface area contributed by atoms with E-state index in [1.54, 1.807) is 12.5 Å². The number of imidazole rings is 1. The van der Waals surface area contributed by atoms with E-state index in [0.717, 1.165) is 15.7 Å². The summed E-state index contributed by atoms with van der Waals surface area (Å²) in [5.74, 6) is 0.762. The Balaban J connectivity index is 1.70. The minimum atomic E-state index is -0.874. The summed E-state index contributed by atoms with van der Waals surface area (Å²) >= 11 is 3.46. The number of ether oxygens (including phenoxy) is 1. The zero-order chi connectivity index (χ0) is 16.8. The highest BCUT2D eigenvalue weighted by atomic mass is 79.9. The molecule has 23 heavy (non-hydrogen) atoms. The zero-order valence-corrected chi connectivity index (χ0v) is 14.9. The van der Waals surface area contributed by atoms with Crippen molar-refractivity contribution < 1.29 is 14.6 Å². The SMILES string of the molecule is CC(C)(C)N(C(=O)O)[C@H]1C[C@@H](Oc2cc(Br)cn3cncc23)C1. The maximum Gasteiger partial charge on any atom is 0.407 e. The van der Waals surface area contributed by atoms with Crippen LogP contribution < -0.4 is 4.74 Å². The molecule has 7 heteroatoms. The van der Waals surface area contributed by atoms with Crippen LogP contribution in [0.5, 0.6) is 5.75 Å². The van der Waals surface area contributed by atoms with Crippen molar-refractivity contribution in [3.63, 3.8) is 0 Å². The number of carboxylic acid groups (broad SMARTS) is 1. The molecule has 1 aliphatic rings. The minimum absolute atomic E-state index is 0.00517. The lowest BCUT2D eigenvalue weighted by Gasteiger charge is -2.47. The van der Waals surface area contributed by atoms with Crippen LogP contribution in [0.4, 0.5) is 4.79 Å². The standard InChI is InChI=1S/C16H20BrN3O3/c1-16(2,3)20(15(21)22)11-5-12(6-11)23-14-4-10(17)8-19-9-18-7-13(14)19/h4,7-9,11-12H,5-6H2,1-3H3,(H,21,22)/t11-,12+. The second-order valence-electron chi connectivity index (χ2n) is 6.90. The number of carbonyl (C=O) groups is 1. The quantitative estimate of drug-likeness (QED) is 0.877. The van der Waals surface area contributed by atoms with Gasteiger partial charge in [0.05, 0.1) is 12.5 Å². The number of halogens is 1. The van der Waals surface area contributed by atoms with Gasteiger partial charge in [-0.3, -0.25) is 0 Å². The van der Waals surface area contributed by atoms with E-state index in [4.69, 9.17) is 4.74 Å². The Morgan fingerprint density at radius 1 is 1.48 bits per heavy atom. The number of aromatic nitrogens is 2. The zero-order valence-electron chi connectivity index (χ0n) is 13.4. The van der Waals surface area contributed by atoms with Gasteiger partial charge in [-0.05, 0) is 42.8 Å². The maximum absolute atomic E-state index is 11.5. The van der Waals surface area contributed by atoms with Crippen LogP contribution in [0.15, 0.2) is 29.3 Å². The van der Waals surface area contributed by atoms with Crippen LogP contribution in [-0.4, -0.2) is 43.2 Å². The van der Waals surface area contributed by atoms with E-state index in [-0.39, 0.29) is 12.1 Å². The molecule has 0 spiro atoms. The molecule has 0 saturated heterocycles. The van der Waals surface area contributed by atoms with Crippen molar-refractivity contribution in [2.45, 2.75) is 51.3 Å². The van der Waals surface area contributed by atoms with Gasteiger partial charge in [-0.2, -0.15) is 0 Å². The van der Waals surface area contributed by atoms with E-state index in [9.17, 15) is 9.90 Å². The number of hydrogen-bond donors (Lipinski definition) is 1. The van der Waals surface area contributed by atoms with Crippen molar-refractivity contribution in [3.05, 3.63) is 29.3 Å². The molecule has 1 fully saturated rings. The summed E-state index contributed by atoms with van der Waals surface area (Å²) < 4.78 is 8.87. The molecule has 2 aromatic rings. The van der Waals surface area contributed by atoms with Crippen LogP contribution in [0.25, 0.3) is 5.52 Å². The Hall–Kier alpha value is -1.76. The van der Waals surface area contributed by atoms with E-state index < -0.39 is 11.6 Å². The number of fused-ring (bicyclic) bond motifs is 1. The molecule has 0 bridgehead atoms. The molecule has 3 rings (SSSR count). The minimum Gasteiger partial charge on any atom is -0.488 e. The highest BCUT2D eigenvalue weighted by molar-refractivity contribution is 9.10. The lowest BCUT2D eigenvalue weighted by atomic mass is 9.85.